The van der Waals surface area contributed by atoms with Crippen LogP contribution in [0.25, 0.3) is 0 Å². The molecule has 1 heterocycles. The summed E-state index contributed by atoms with van der Waals surface area (Å²) in [6.07, 6.45) is -0.816. The molecule has 1 rings (SSSR count). The number of carbonyl (C=O) groups is 5. The van der Waals surface area contributed by atoms with E-state index in [9.17, 15) is 24.0 Å². The summed E-state index contributed by atoms with van der Waals surface area (Å²) in [5, 5.41) is 21.3. The lowest BCUT2D eigenvalue weighted by Crippen LogP contribution is -2.62. The molecule has 0 spiro atoms. The Morgan fingerprint density at radius 3 is 2.50 bits per heavy atom. The van der Waals surface area contributed by atoms with Crippen molar-refractivity contribution in [3.8, 4) is 0 Å². The first-order valence-corrected chi connectivity index (χ1v) is 5.57. The predicted molar refractivity (Wildman–Crippen MR) is 61.5 cm³/mol. The van der Waals surface area contributed by atoms with E-state index in [-0.39, 0.29) is 0 Å². The number of nitrogens with one attached hydrogen (secondary N) is 2. The molecule has 10 heteroatoms. The molecule has 20 heavy (non-hydrogen) atoms. The number of aliphatic carboxylic acids is 2. The van der Waals surface area contributed by atoms with Crippen LogP contribution in [0, 0.1) is 0 Å². The van der Waals surface area contributed by atoms with Gasteiger partial charge in [-0.3, -0.25) is 19.7 Å². The smallest absolute Gasteiger partial charge is 0.326 e. The van der Waals surface area contributed by atoms with E-state index in [4.69, 9.17) is 10.2 Å². The van der Waals surface area contributed by atoms with E-state index in [1.165, 1.54) is 6.92 Å². The number of nitrogens with zero attached hydrogens (tertiary/aromatic N) is 1. The lowest BCUT2D eigenvalue weighted by Gasteiger charge is -2.32. The van der Waals surface area contributed by atoms with E-state index >= 15 is 0 Å². The molecule has 1 unspecified atom stereocenters. The first-order valence-electron chi connectivity index (χ1n) is 5.57. The molecule has 4 amide bonds. The summed E-state index contributed by atoms with van der Waals surface area (Å²) >= 11 is 0. The van der Waals surface area contributed by atoms with Gasteiger partial charge in [0.15, 0.2) is 0 Å². The molecule has 10 nitrogen and oxygen atoms in total. The Hall–Kier alpha value is -2.65. The van der Waals surface area contributed by atoms with Gasteiger partial charge >= 0.3 is 18.0 Å². The quantitative estimate of drug-likeness (QED) is 0.435. The lowest BCUT2D eigenvalue weighted by atomic mass is 10.2. The number of rotatable bonds is 4. The van der Waals surface area contributed by atoms with Crippen LogP contribution < -0.4 is 10.6 Å². The van der Waals surface area contributed by atoms with Crippen LogP contribution in [-0.2, 0) is 19.2 Å². The number of piperazine rings is 1. The third kappa shape index (κ3) is 3.67. The highest BCUT2D eigenvalue weighted by atomic mass is 16.4. The zero-order valence-electron chi connectivity index (χ0n) is 10.5. The number of hydrogen-bond acceptors (Lipinski definition) is 5. The summed E-state index contributed by atoms with van der Waals surface area (Å²) < 4.78 is 0. The fourth-order valence-corrected chi connectivity index (χ4v) is 1.57. The first kappa shape index (κ1) is 15.4. The van der Waals surface area contributed by atoms with E-state index in [2.05, 4.69) is 0 Å². The van der Waals surface area contributed by atoms with Gasteiger partial charge in [0.05, 0.1) is 6.42 Å². The van der Waals surface area contributed by atoms with Crippen molar-refractivity contribution >= 4 is 29.8 Å². The zero-order valence-corrected chi connectivity index (χ0v) is 10.5. The van der Waals surface area contributed by atoms with Crippen molar-refractivity contribution in [3.63, 3.8) is 0 Å². The van der Waals surface area contributed by atoms with Gasteiger partial charge in [-0.1, -0.05) is 0 Å². The minimum absolute atomic E-state index is 0.419. The molecule has 1 aliphatic rings. The summed E-state index contributed by atoms with van der Waals surface area (Å²) in [7, 11) is 0. The average molecular weight is 287 g/mol. The topological polar surface area (TPSA) is 153 Å². The van der Waals surface area contributed by atoms with Crippen molar-refractivity contribution < 1.29 is 34.2 Å². The molecule has 110 valence electrons. The van der Waals surface area contributed by atoms with Crippen LogP contribution in [0.15, 0.2) is 0 Å². The standard InChI is InChI=1S/C10H13N3O7/c1-4-8(17)12-6(14)3-13(4)10(20)11-5(9(18)19)2-7(15)16/h4-5H,2-3H2,1H3,(H,11,20)(H,15,16)(H,18,19)(H,12,14,17)/t4?,5-/m0/s1. The summed E-state index contributed by atoms with van der Waals surface area (Å²) in [5.74, 6) is -4.32. The van der Waals surface area contributed by atoms with Crippen molar-refractivity contribution in [2.24, 2.45) is 0 Å². The van der Waals surface area contributed by atoms with Gasteiger partial charge in [0, 0.05) is 0 Å². The third-order valence-corrected chi connectivity index (χ3v) is 2.66. The average Bonchev–Trinajstić information content (AvgIpc) is 2.32. The van der Waals surface area contributed by atoms with Crippen LogP contribution in [0.4, 0.5) is 4.79 Å². The van der Waals surface area contributed by atoms with Crippen LogP contribution in [0.5, 0.6) is 0 Å². The third-order valence-electron chi connectivity index (χ3n) is 2.66. The van der Waals surface area contributed by atoms with Gasteiger partial charge < -0.3 is 20.4 Å². The van der Waals surface area contributed by atoms with Crippen LogP contribution in [0.1, 0.15) is 13.3 Å². The molecule has 0 aromatic rings. The van der Waals surface area contributed by atoms with Crippen molar-refractivity contribution in [1.29, 1.82) is 0 Å². The van der Waals surface area contributed by atoms with Gasteiger partial charge in [0.2, 0.25) is 11.8 Å². The van der Waals surface area contributed by atoms with Crippen LogP contribution in [-0.4, -0.2) is 63.5 Å². The molecular weight excluding hydrogens is 274 g/mol. The van der Waals surface area contributed by atoms with Gasteiger partial charge in [-0.25, -0.2) is 9.59 Å². The number of carbonyl (C=O) groups excluding carboxylic acids is 3. The second-order valence-corrected chi connectivity index (χ2v) is 4.15. The monoisotopic (exact) mass is 287 g/mol. The number of carboxylic acids is 2. The van der Waals surface area contributed by atoms with Crippen LogP contribution >= 0.6 is 0 Å². The zero-order chi connectivity index (χ0) is 15.4. The van der Waals surface area contributed by atoms with E-state index in [1.807, 2.05) is 10.6 Å². The van der Waals surface area contributed by atoms with Crippen LogP contribution in [0.3, 0.4) is 0 Å². The molecule has 1 fully saturated rings. The fourth-order valence-electron chi connectivity index (χ4n) is 1.57. The Labute approximate surface area is 112 Å². The van der Waals surface area contributed by atoms with E-state index in [0.29, 0.717) is 0 Å². The maximum atomic E-state index is 11.8. The Morgan fingerprint density at radius 2 is 2.00 bits per heavy atom. The molecule has 0 aromatic carbocycles. The predicted octanol–water partition coefficient (Wildman–Crippen LogP) is -2.03. The summed E-state index contributed by atoms with van der Waals surface area (Å²) in [4.78, 5) is 56.5. The van der Waals surface area contributed by atoms with Crippen molar-refractivity contribution in [2.45, 2.75) is 25.4 Å². The number of amides is 4. The minimum Gasteiger partial charge on any atom is -0.481 e. The lowest BCUT2D eigenvalue weighted by molar-refractivity contribution is -0.145. The van der Waals surface area contributed by atoms with Gasteiger partial charge in [-0.15, -0.1) is 0 Å². The molecular formula is C10H13N3O7. The maximum Gasteiger partial charge on any atom is 0.326 e. The Kier molecular flexibility index (Phi) is 4.62. The van der Waals surface area contributed by atoms with Gasteiger partial charge in [0.1, 0.15) is 18.6 Å². The van der Waals surface area contributed by atoms with Crippen molar-refractivity contribution in [1.82, 2.24) is 15.5 Å². The van der Waals surface area contributed by atoms with E-state index < -0.39 is 54.8 Å². The first-order chi connectivity index (χ1) is 9.22. The minimum atomic E-state index is -1.65. The molecule has 1 aliphatic heterocycles. The van der Waals surface area contributed by atoms with Gasteiger partial charge in [0.25, 0.3) is 0 Å². The summed E-state index contributed by atoms with van der Waals surface area (Å²) in [6, 6.07) is -3.60. The molecule has 2 atom stereocenters. The SMILES string of the molecule is CC1C(=O)NC(=O)CN1C(=O)N[C@@H](CC(=O)O)C(=O)O. The number of carboxylic acid groups (broad SMARTS) is 2. The number of urea groups is 1. The Morgan fingerprint density at radius 1 is 1.40 bits per heavy atom. The highest BCUT2D eigenvalue weighted by Gasteiger charge is 2.35. The molecule has 0 radical (unpaired) electrons. The Bertz CT molecular complexity index is 475. The van der Waals surface area contributed by atoms with Gasteiger partial charge in [-0.2, -0.15) is 0 Å². The normalized spacial score (nSPS) is 20.1. The molecule has 0 aliphatic carbocycles. The second-order valence-electron chi connectivity index (χ2n) is 4.15. The molecule has 1 saturated heterocycles. The summed E-state index contributed by atoms with van der Waals surface area (Å²) in [6.45, 7) is 0.937. The highest BCUT2D eigenvalue weighted by Crippen LogP contribution is 2.06. The summed E-state index contributed by atoms with van der Waals surface area (Å²) in [5.41, 5.74) is 0. The molecule has 0 bridgehead atoms. The molecule has 0 saturated carbocycles. The molecule has 4 N–H and O–H groups in total. The van der Waals surface area contributed by atoms with Crippen molar-refractivity contribution in [2.75, 3.05) is 6.54 Å². The second kappa shape index (κ2) is 5.99. The number of imide groups is 1. The maximum absolute atomic E-state index is 11.8. The number of hydrogen-bond donors (Lipinski definition) is 4. The molecule has 0 aromatic heterocycles. The van der Waals surface area contributed by atoms with Crippen LogP contribution in [0.2, 0.25) is 0 Å². The van der Waals surface area contributed by atoms with E-state index in [1.54, 1.807) is 0 Å². The fraction of sp³-hybridized carbons (Fsp3) is 0.500. The van der Waals surface area contributed by atoms with E-state index in [0.717, 1.165) is 4.90 Å². The van der Waals surface area contributed by atoms with Crippen molar-refractivity contribution in [3.05, 3.63) is 0 Å². The van der Waals surface area contributed by atoms with Gasteiger partial charge in [-0.05, 0) is 6.92 Å². The highest BCUT2D eigenvalue weighted by molar-refractivity contribution is 6.04. The Balaban J connectivity index is 2.77. The largest absolute Gasteiger partial charge is 0.481 e.